The molecule has 0 aromatic carbocycles. The summed E-state index contributed by atoms with van der Waals surface area (Å²) in [5, 5.41) is 0.0777. The number of hydrogen-bond acceptors (Lipinski definition) is 6. The van der Waals surface area contributed by atoms with E-state index in [1.807, 2.05) is 18.7 Å². The average molecular weight is 427 g/mol. The van der Waals surface area contributed by atoms with Crippen LogP contribution in [0.2, 0.25) is 0 Å². The number of carbonyl (C=O) groups excluding carboxylic acids is 1. The molecule has 1 spiro atoms. The maximum Gasteiger partial charge on any atom is 0.262 e. The van der Waals surface area contributed by atoms with Gasteiger partial charge < -0.3 is 18.9 Å². The van der Waals surface area contributed by atoms with Crippen molar-refractivity contribution in [1.29, 1.82) is 0 Å². The highest BCUT2D eigenvalue weighted by atomic mass is 32.2. The van der Waals surface area contributed by atoms with Crippen LogP contribution in [0.15, 0.2) is 17.6 Å². The van der Waals surface area contributed by atoms with Crippen LogP contribution in [0.5, 0.6) is 0 Å². The van der Waals surface area contributed by atoms with Crippen molar-refractivity contribution in [1.82, 2.24) is 18.8 Å². The SMILES string of the molecule is CC(C)n1cnc(S(=O)(=O)N2CCC(C(=O)N3CCC4(CC3)OCCO4)CC2)c1. The minimum atomic E-state index is -3.62. The van der Waals surface area contributed by atoms with Crippen LogP contribution in [-0.4, -0.2) is 78.3 Å². The molecule has 0 unspecified atom stereocenters. The second kappa shape index (κ2) is 7.98. The van der Waals surface area contributed by atoms with Crippen LogP contribution in [-0.2, 0) is 24.3 Å². The van der Waals surface area contributed by atoms with Gasteiger partial charge in [0.1, 0.15) is 0 Å². The Bertz CT molecular complexity index is 829. The summed E-state index contributed by atoms with van der Waals surface area (Å²) in [4.78, 5) is 18.9. The lowest BCUT2D eigenvalue weighted by Gasteiger charge is -2.40. The number of imidazole rings is 1. The van der Waals surface area contributed by atoms with Crippen LogP contribution in [0.1, 0.15) is 45.6 Å². The van der Waals surface area contributed by atoms with Gasteiger partial charge in [-0.15, -0.1) is 0 Å². The molecule has 4 rings (SSSR count). The minimum absolute atomic E-state index is 0.0777. The topological polar surface area (TPSA) is 94.0 Å². The predicted octanol–water partition coefficient (Wildman–Crippen LogP) is 1.23. The highest BCUT2D eigenvalue weighted by Crippen LogP contribution is 2.33. The Balaban J connectivity index is 1.32. The van der Waals surface area contributed by atoms with Gasteiger partial charge in [0.05, 0.1) is 19.5 Å². The number of nitrogens with zero attached hydrogens (tertiary/aromatic N) is 4. The fraction of sp³-hybridized carbons (Fsp3) is 0.789. The molecule has 3 saturated heterocycles. The summed E-state index contributed by atoms with van der Waals surface area (Å²) in [6, 6.07) is 0.151. The van der Waals surface area contributed by atoms with Gasteiger partial charge in [-0.25, -0.2) is 13.4 Å². The maximum atomic E-state index is 12.9. The van der Waals surface area contributed by atoms with E-state index in [-0.39, 0.29) is 22.9 Å². The molecular weight excluding hydrogens is 396 g/mol. The molecule has 0 bridgehead atoms. The summed E-state index contributed by atoms with van der Waals surface area (Å²) >= 11 is 0. The van der Waals surface area contributed by atoms with Crippen molar-refractivity contribution in [2.24, 2.45) is 5.92 Å². The highest BCUT2D eigenvalue weighted by Gasteiger charge is 2.42. The first kappa shape index (κ1) is 20.8. The van der Waals surface area contributed by atoms with Crippen molar-refractivity contribution in [3.63, 3.8) is 0 Å². The Morgan fingerprint density at radius 1 is 1.14 bits per heavy atom. The largest absolute Gasteiger partial charge is 0.347 e. The number of likely N-dealkylation sites (tertiary alicyclic amines) is 1. The Kier molecular flexibility index (Phi) is 5.71. The minimum Gasteiger partial charge on any atom is -0.347 e. The van der Waals surface area contributed by atoms with Crippen LogP contribution in [0.4, 0.5) is 0 Å². The second-order valence-electron chi connectivity index (χ2n) is 8.36. The van der Waals surface area contributed by atoms with Gasteiger partial charge >= 0.3 is 0 Å². The van der Waals surface area contributed by atoms with Crippen molar-refractivity contribution in [3.05, 3.63) is 12.5 Å². The number of piperidine rings is 2. The van der Waals surface area contributed by atoms with Crippen LogP contribution >= 0.6 is 0 Å². The molecule has 3 aliphatic heterocycles. The quantitative estimate of drug-likeness (QED) is 0.719. The molecule has 0 aliphatic carbocycles. The number of rotatable bonds is 4. The first-order chi connectivity index (χ1) is 13.8. The number of ether oxygens (including phenoxy) is 2. The van der Waals surface area contributed by atoms with E-state index in [9.17, 15) is 13.2 Å². The fourth-order valence-corrected chi connectivity index (χ4v) is 5.71. The molecule has 0 N–H and O–H groups in total. The zero-order valence-corrected chi connectivity index (χ0v) is 17.9. The highest BCUT2D eigenvalue weighted by molar-refractivity contribution is 7.89. The molecule has 1 amide bonds. The first-order valence-corrected chi connectivity index (χ1v) is 11.9. The Morgan fingerprint density at radius 2 is 1.76 bits per heavy atom. The molecule has 9 nitrogen and oxygen atoms in total. The second-order valence-corrected chi connectivity index (χ2v) is 10.2. The summed E-state index contributed by atoms with van der Waals surface area (Å²) in [5.74, 6) is -0.499. The molecule has 10 heteroatoms. The summed E-state index contributed by atoms with van der Waals surface area (Å²) in [6.45, 7) is 7.14. The molecule has 0 atom stereocenters. The lowest BCUT2D eigenvalue weighted by Crippen LogP contribution is -2.50. The van der Waals surface area contributed by atoms with E-state index < -0.39 is 15.8 Å². The molecule has 0 saturated carbocycles. The molecule has 1 aromatic rings. The molecule has 29 heavy (non-hydrogen) atoms. The van der Waals surface area contributed by atoms with E-state index >= 15 is 0 Å². The molecule has 3 aliphatic rings. The third-order valence-corrected chi connectivity index (χ3v) is 8.02. The van der Waals surface area contributed by atoms with E-state index in [2.05, 4.69) is 4.98 Å². The lowest BCUT2D eigenvalue weighted by molar-refractivity contribution is -0.188. The van der Waals surface area contributed by atoms with Crippen molar-refractivity contribution in [3.8, 4) is 0 Å². The molecule has 0 radical (unpaired) electrons. The zero-order valence-electron chi connectivity index (χ0n) is 17.1. The Morgan fingerprint density at radius 3 is 2.31 bits per heavy atom. The number of carbonyl (C=O) groups is 1. The van der Waals surface area contributed by atoms with E-state index in [1.165, 1.54) is 4.31 Å². The van der Waals surface area contributed by atoms with E-state index in [1.54, 1.807) is 17.1 Å². The summed E-state index contributed by atoms with van der Waals surface area (Å²) in [5.41, 5.74) is 0. The van der Waals surface area contributed by atoms with Gasteiger partial charge in [0.2, 0.25) is 5.91 Å². The van der Waals surface area contributed by atoms with Crippen LogP contribution in [0, 0.1) is 5.92 Å². The number of aromatic nitrogens is 2. The van der Waals surface area contributed by atoms with Crippen LogP contribution in [0.3, 0.4) is 0 Å². The monoisotopic (exact) mass is 426 g/mol. The molecule has 162 valence electrons. The van der Waals surface area contributed by atoms with E-state index in [4.69, 9.17) is 9.47 Å². The first-order valence-electron chi connectivity index (χ1n) is 10.4. The number of sulfonamides is 1. The zero-order chi connectivity index (χ0) is 20.6. The average Bonchev–Trinajstić information content (AvgIpc) is 3.39. The smallest absolute Gasteiger partial charge is 0.262 e. The van der Waals surface area contributed by atoms with Crippen molar-refractivity contribution >= 4 is 15.9 Å². The molecule has 4 heterocycles. The fourth-order valence-electron chi connectivity index (χ4n) is 4.32. The maximum absolute atomic E-state index is 12.9. The molecule has 1 aromatic heterocycles. The summed E-state index contributed by atoms with van der Waals surface area (Å²) in [6.07, 6.45) is 5.60. The van der Waals surface area contributed by atoms with Crippen LogP contribution < -0.4 is 0 Å². The molecule has 3 fully saturated rings. The third-order valence-electron chi connectivity index (χ3n) is 6.23. The van der Waals surface area contributed by atoms with Gasteiger partial charge in [0.25, 0.3) is 10.0 Å². The Hall–Kier alpha value is -1.49. The predicted molar refractivity (Wildman–Crippen MR) is 105 cm³/mol. The van der Waals surface area contributed by atoms with Gasteiger partial charge in [-0.1, -0.05) is 0 Å². The van der Waals surface area contributed by atoms with E-state index in [0.29, 0.717) is 65.1 Å². The Labute approximate surface area is 172 Å². The number of hydrogen-bond donors (Lipinski definition) is 0. The van der Waals surface area contributed by atoms with E-state index in [0.717, 1.165) is 0 Å². The van der Waals surface area contributed by atoms with Gasteiger partial charge in [0.15, 0.2) is 10.8 Å². The van der Waals surface area contributed by atoms with Gasteiger partial charge in [-0.3, -0.25) is 4.79 Å². The van der Waals surface area contributed by atoms with Gasteiger partial charge in [-0.05, 0) is 26.7 Å². The normalized spacial score (nSPS) is 23.9. The van der Waals surface area contributed by atoms with Crippen LogP contribution in [0.25, 0.3) is 0 Å². The third kappa shape index (κ3) is 4.08. The van der Waals surface area contributed by atoms with Crippen molar-refractivity contribution in [2.75, 3.05) is 39.4 Å². The van der Waals surface area contributed by atoms with Gasteiger partial charge in [0, 0.05) is 57.2 Å². The molecular formula is C19H30N4O5S. The van der Waals surface area contributed by atoms with Crippen molar-refractivity contribution < 1.29 is 22.7 Å². The van der Waals surface area contributed by atoms with Crippen molar-refractivity contribution in [2.45, 2.75) is 56.4 Å². The summed E-state index contributed by atoms with van der Waals surface area (Å²) in [7, 11) is -3.62. The van der Waals surface area contributed by atoms with Gasteiger partial charge in [-0.2, -0.15) is 4.31 Å². The summed E-state index contributed by atoms with van der Waals surface area (Å²) < 4.78 is 40.4. The lowest BCUT2D eigenvalue weighted by atomic mass is 9.94. The number of amides is 1. The standard InChI is InChI=1S/C19H30N4O5S/c1-15(2)22-13-17(20-14-22)29(25,26)23-7-3-16(4-8-23)18(24)21-9-5-19(6-10-21)27-11-12-28-19/h13-16H,3-12H2,1-2H3.